The lowest BCUT2D eigenvalue weighted by molar-refractivity contribution is -0.140. The van der Waals surface area contributed by atoms with E-state index in [0.717, 1.165) is 75.7 Å². The van der Waals surface area contributed by atoms with E-state index in [1.165, 1.54) is 17.0 Å². The summed E-state index contributed by atoms with van der Waals surface area (Å²) >= 11 is 0. The number of imide groups is 1. The van der Waals surface area contributed by atoms with Crippen LogP contribution in [-0.2, 0) is 9.59 Å². The number of amides is 2. The maximum absolute atomic E-state index is 13.4. The van der Waals surface area contributed by atoms with Gasteiger partial charge in [0.2, 0.25) is 11.8 Å². The van der Waals surface area contributed by atoms with Gasteiger partial charge in [0.15, 0.2) is 0 Å². The first-order chi connectivity index (χ1) is 14.6. The lowest BCUT2D eigenvalue weighted by Gasteiger charge is -2.31. The molecule has 2 atom stereocenters. The second-order valence-corrected chi connectivity index (χ2v) is 9.00. The zero-order valence-electron chi connectivity index (χ0n) is 17.2. The summed E-state index contributed by atoms with van der Waals surface area (Å²) in [6.07, 6.45) is 6.65. The van der Waals surface area contributed by atoms with Crippen molar-refractivity contribution in [3.05, 3.63) is 29.8 Å². The number of benzene rings is 1. The summed E-state index contributed by atoms with van der Waals surface area (Å²) < 4.78 is 18.9. The summed E-state index contributed by atoms with van der Waals surface area (Å²) in [5, 5.41) is 4.92. The molecule has 7 heteroatoms. The van der Waals surface area contributed by atoms with Gasteiger partial charge in [0.25, 0.3) is 0 Å². The molecule has 0 N–H and O–H groups in total. The first-order valence-electron chi connectivity index (χ1n) is 11.2. The molecule has 1 aliphatic carbocycles. The standard InChI is InChI=1S/C23H28FN3O3/c24-16-6-7-19-20(14-16)25-30-21(19)15-8-12-26(13-9-15)10-3-11-27-22(28)17-4-1-2-5-18(17)23(27)29/h6-7,14-15,17-18H,1-5,8-13H2/t17-,18+. The third kappa shape index (κ3) is 3.53. The Hall–Kier alpha value is -2.28. The van der Waals surface area contributed by atoms with Crippen LogP contribution in [-0.4, -0.2) is 52.9 Å². The van der Waals surface area contributed by atoms with Gasteiger partial charge in [0.1, 0.15) is 17.1 Å². The smallest absolute Gasteiger partial charge is 0.233 e. The Morgan fingerprint density at radius 2 is 1.70 bits per heavy atom. The molecule has 3 aliphatic rings. The molecular formula is C23H28FN3O3. The van der Waals surface area contributed by atoms with Crippen LogP contribution in [0.1, 0.15) is 56.6 Å². The second-order valence-electron chi connectivity index (χ2n) is 9.00. The minimum atomic E-state index is -0.300. The maximum atomic E-state index is 13.4. The van der Waals surface area contributed by atoms with Crippen molar-refractivity contribution in [2.45, 2.75) is 50.9 Å². The summed E-state index contributed by atoms with van der Waals surface area (Å²) in [5.41, 5.74) is 0.577. The van der Waals surface area contributed by atoms with Crippen molar-refractivity contribution in [3.63, 3.8) is 0 Å². The first-order valence-corrected chi connectivity index (χ1v) is 11.2. The number of aromatic nitrogens is 1. The zero-order chi connectivity index (χ0) is 20.7. The highest BCUT2D eigenvalue weighted by Gasteiger charge is 2.47. The van der Waals surface area contributed by atoms with Gasteiger partial charge in [-0.1, -0.05) is 18.0 Å². The molecular weight excluding hydrogens is 385 g/mol. The van der Waals surface area contributed by atoms with E-state index in [-0.39, 0.29) is 29.5 Å². The molecule has 1 aromatic carbocycles. The second kappa shape index (κ2) is 8.10. The van der Waals surface area contributed by atoms with Gasteiger partial charge in [-0.05, 0) is 63.9 Å². The van der Waals surface area contributed by atoms with Crippen molar-refractivity contribution >= 4 is 22.7 Å². The summed E-state index contributed by atoms with van der Waals surface area (Å²) in [7, 11) is 0. The molecule has 6 nitrogen and oxygen atoms in total. The van der Waals surface area contributed by atoms with Gasteiger partial charge in [0, 0.05) is 23.9 Å². The number of halogens is 1. The van der Waals surface area contributed by atoms with Crippen molar-refractivity contribution in [2.24, 2.45) is 11.8 Å². The lowest BCUT2D eigenvalue weighted by atomic mass is 9.81. The highest BCUT2D eigenvalue weighted by Crippen LogP contribution is 2.38. The van der Waals surface area contributed by atoms with E-state index in [1.54, 1.807) is 6.07 Å². The van der Waals surface area contributed by atoms with E-state index < -0.39 is 0 Å². The third-order valence-corrected chi connectivity index (χ3v) is 7.21. The Morgan fingerprint density at radius 3 is 2.40 bits per heavy atom. The number of nitrogens with zero attached hydrogens (tertiary/aromatic N) is 3. The molecule has 0 unspecified atom stereocenters. The van der Waals surface area contributed by atoms with E-state index in [2.05, 4.69) is 10.1 Å². The average Bonchev–Trinajstić information content (AvgIpc) is 3.29. The number of likely N-dealkylation sites (tertiary alicyclic amines) is 2. The van der Waals surface area contributed by atoms with Crippen LogP contribution in [0, 0.1) is 17.7 Å². The summed E-state index contributed by atoms with van der Waals surface area (Å²) in [6, 6.07) is 4.62. The Kier molecular flexibility index (Phi) is 5.31. The summed E-state index contributed by atoms with van der Waals surface area (Å²) in [6.45, 7) is 3.33. The minimum Gasteiger partial charge on any atom is -0.360 e. The number of carbonyl (C=O) groups excluding carboxylic acids is 2. The normalized spacial score (nSPS) is 26.0. The molecule has 3 heterocycles. The van der Waals surface area contributed by atoms with Gasteiger partial charge < -0.3 is 9.42 Å². The van der Waals surface area contributed by atoms with Gasteiger partial charge in [-0.2, -0.15) is 0 Å². The number of carbonyl (C=O) groups is 2. The molecule has 1 saturated carbocycles. The molecule has 2 saturated heterocycles. The molecule has 0 spiro atoms. The topological polar surface area (TPSA) is 66.7 Å². The van der Waals surface area contributed by atoms with Gasteiger partial charge in [-0.15, -0.1) is 0 Å². The fourth-order valence-electron chi connectivity index (χ4n) is 5.55. The Morgan fingerprint density at radius 1 is 1.00 bits per heavy atom. The summed E-state index contributed by atoms with van der Waals surface area (Å²) in [5.74, 6) is 0.891. The fourth-order valence-corrected chi connectivity index (χ4v) is 5.55. The molecule has 0 bridgehead atoms. The number of hydrogen-bond donors (Lipinski definition) is 0. The van der Waals surface area contributed by atoms with E-state index >= 15 is 0 Å². The van der Waals surface area contributed by atoms with E-state index in [1.807, 2.05) is 0 Å². The zero-order valence-corrected chi connectivity index (χ0v) is 17.2. The molecule has 30 heavy (non-hydrogen) atoms. The van der Waals surface area contributed by atoms with Gasteiger partial charge in [0.05, 0.1) is 11.8 Å². The molecule has 3 fully saturated rings. The van der Waals surface area contributed by atoms with Crippen LogP contribution in [0.25, 0.3) is 10.9 Å². The quantitative estimate of drug-likeness (QED) is 0.699. The molecule has 160 valence electrons. The Labute approximate surface area is 175 Å². The van der Waals surface area contributed by atoms with Crippen LogP contribution in [0.2, 0.25) is 0 Å². The van der Waals surface area contributed by atoms with Crippen LogP contribution in [0.15, 0.2) is 22.7 Å². The number of piperidine rings is 1. The van der Waals surface area contributed by atoms with Crippen LogP contribution in [0.3, 0.4) is 0 Å². The van der Waals surface area contributed by atoms with Gasteiger partial charge in [-0.25, -0.2) is 4.39 Å². The van der Waals surface area contributed by atoms with Crippen molar-refractivity contribution < 1.29 is 18.5 Å². The maximum Gasteiger partial charge on any atom is 0.233 e. The molecule has 5 rings (SSSR count). The average molecular weight is 413 g/mol. The van der Waals surface area contributed by atoms with Gasteiger partial charge in [-0.3, -0.25) is 14.5 Å². The number of fused-ring (bicyclic) bond motifs is 2. The van der Waals surface area contributed by atoms with Crippen LogP contribution < -0.4 is 0 Å². The monoisotopic (exact) mass is 413 g/mol. The van der Waals surface area contributed by atoms with Crippen LogP contribution in [0.4, 0.5) is 4.39 Å². The minimum absolute atomic E-state index is 0.0489. The molecule has 1 aromatic heterocycles. The van der Waals surface area contributed by atoms with E-state index in [9.17, 15) is 14.0 Å². The predicted octanol–water partition coefficient (Wildman–Crippen LogP) is 3.71. The highest BCUT2D eigenvalue weighted by atomic mass is 19.1. The van der Waals surface area contributed by atoms with Crippen LogP contribution >= 0.6 is 0 Å². The fraction of sp³-hybridized carbons (Fsp3) is 0.609. The predicted molar refractivity (Wildman–Crippen MR) is 109 cm³/mol. The van der Waals surface area contributed by atoms with Crippen molar-refractivity contribution in [1.29, 1.82) is 0 Å². The molecule has 0 radical (unpaired) electrons. The van der Waals surface area contributed by atoms with Gasteiger partial charge >= 0.3 is 0 Å². The van der Waals surface area contributed by atoms with Crippen molar-refractivity contribution in [1.82, 2.24) is 15.0 Å². The first kappa shape index (κ1) is 19.7. The largest absolute Gasteiger partial charge is 0.360 e. The Balaban J connectivity index is 1.12. The SMILES string of the molecule is O=C1[C@H]2CCCC[C@H]2C(=O)N1CCCN1CCC(c2onc3cc(F)ccc23)CC1. The van der Waals surface area contributed by atoms with Crippen molar-refractivity contribution in [3.8, 4) is 0 Å². The lowest BCUT2D eigenvalue weighted by Crippen LogP contribution is -2.37. The van der Waals surface area contributed by atoms with Crippen molar-refractivity contribution in [2.75, 3.05) is 26.2 Å². The Bertz CT molecular complexity index is 926. The third-order valence-electron chi connectivity index (χ3n) is 7.21. The summed E-state index contributed by atoms with van der Waals surface area (Å²) in [4.78, 5) is 29.1. The number of rotatable bonds is 5. The van der Waals surface area contributed by atoms with E-state index in [0.29, 0.717) is 18.0 Å². The van der Waals surface area contributed by atoms with Crippen LogP contribution in [0.5, 0.6) is 0 Å². The molecule has 2 aliphatic heterocycles. The molecule has 2 amide bonds. The van der Waals surface area contributed by atoms with E-state index in [4.69, 9.17) is 4.52 Å². The highest BCUT2D eigenvalue weighted by molar-refractivity contribution is 6.05. The number of hydrogen-bond acceptors (Lipinski definition) is 5. The molecule has 2 aromatic rings.